The van der Waals surface area contributed by atoms with E-state index < -0.39 is 5.97 Å². The lowest BCUT2D eigenvalue weighted by Crippen LogP contribution is -2.45. The van der Waals surface area contributed by atoms with E-state index in [9.17, 15) is 14.4 Å². The molecule has 6 heteroatoms. The second kappa shape index (κ2) is 7.76. The van der Waals surface area contributed by atoms with Crippen LogP contribution in [-0.4, -0.2) is 58.4 Å². The normalized spacial score (nSPS) is 13.4. The first-order chi connectivity index (χ1) is 11.0. The predicted molar refractivity (Wildman–Crippen MR) is 84.8 cm³/mol. The van der Waals surface area contributed by atoms with Crippen molar-refractivity contribution in [2.24, 2.45) is 0 Å². The Labute approximate surface area is 135 Å². The smallest absolute Gasteiger partial charge is 0.323 e. The molecule has 0 spiro atoms. The molecule has 0 aromatic heterocycles. The number of nitrogens with zero attached hydrogens (tertiary/aromatic N) is 2. The predicted octanol–water partition coefficient (Wildman–Crippen LogP) is 1.15. The van der Waals surface area contributed by atoms with E-state index in [1.807, 2.05) is 30.3 Å². The summed E-state index contributed by atoms with van der Waals surface area (Å²) < 4.78 is 0. The van der Waals surface area contributed by atoms with Crippen LogP contribution in [0.5, 0.6) is 0 Å². The topological polar surface area (TPSA) is 77.9 Å². The van der Waals surface area contributed by atoms with Crippen molar-refractivity contribution in [1.82, 2.24) is 9.80 Å². The van der Waals surface area contributed by atoms with Crippen molar-refractivity contribution in [2.45, 2.75) is 32.2 Å². The van der Waals surface area contributed by atoms with Crippen LogP contribution in [0.3, 0.4) is 0 Å². The summed E-state index contributed by atoms with van der Waals surface area (Å²) in [6, 6.07) is 9.75. The molecule has 2 rings (SSSR count). The fourth-order valence-electron chi connectivity index (χ4n) is 2.46. The van der Waals surface area contributed by atoms with E-state index in [4.69, 9.17) is 5.11 Å². The van der Waals surface area contributed by atoms with Gasteiger partial charge in [0.05, 0.1) is 6.54 Å². The number of carboxylic acids is 1. The Hall–Kier alpha value is -2.37. The molecule has 23 heavy (non-hydrogen) atoms. The summed E-state index contributed by atoms with van der Waals surface area (Å²) in [6.07, 6.45) is 2.34. The summed E-state index contributed by atoms with van der Waals surface area (Å²) in [6.45, 7) is 1.51. The van der Waals surface area contributed by atoms with Crippen molar-refractivity contribution >= 4 is 17.8 Å². The standard InChI is InChI=1S/C17H22N2O4/c1-13(20)18(10-9-14-5-3-2-4-6-14)11-16(21)19(12-17(22)23)15-7-8-15/h2-6,15H,7-12H2,1H3,(H,22,23). The number of carbonyl (C=O) groups excluding carboxylic acids is 2. The van der Waals surface area contributed by atoms with Crippen LogP contribution in [0.1, 0.15) is 25.3 Å². The van der Waals surface area contributed by atoms with Gasteiger partial charge in [0.15, 0.2) is 0 Å². The highest BCUT2D eigenvalue weighted by molar-refractivity contribution is 5.86. The summed E-state index contributed by atoms with van der Waals surface area (Å²) in [4.78, 5) is 37.9. The van der Waals surface area contributed by atoms with E-state index in [-0.39, 0.29) is 30.9 Å². The van der Waals surface area contributed by atoms with E-state index in [2.05, 4.69) is 0 Å². The van der Waals surface area contributed by atoms with Crippen LogP contribution in [0.15, 0.2) is 30.3 Å². The van der Waals surface area contributed by atoms with Gasteiger partial charge in [-0.25, -0.2) is 0 Å². The van der Waals surface area contributed by atoms with Crippen LogP contribution in [-0.2, 0) is 20.8 Å². The van der Waals surface area contributed by atoms with E-state index in [0.717, 1.165) is 18.4 Å². The third-order valence-corrected chi connectivity index (χ3v) is 3.90. The van der Waals surface area contributed by atoms with Crippen molar-refractivity contribution in [2.75, 3.05) is 19.6 Å². The lowest BCUT2D eigenvalue weighted by Gasteiger charge is -2.26. The number of amides is 2. The molecule has 1 aromatic rings. The van der Waals surface area contributed by atoms with Crippen LogP contribution in [0.25, 0.3) is 0 Å². The van der Waals surface area contributed by atoms with Crippen molar-refractivity contribution in [1.29, 1.82) is 0 Å². The Morgan fingerprint density at radius 2 is 1.78 bits per heavy atom. The minimum atomic E-state index is -1.02. The van der Waals surface area contributed by atoms with Gasteiger partial charge in [-0.1, -0.05) is 30.3 Å². The minimum Gasteiger partial charge on any atom is -0.480 e. The Balaban J connectivity index is 1.93. The molecule has 1 aromatic carbocycles. The molecule has 0 saturated heterocycles. The first-order valence-electron chi connectivity index (χ1n) is 7.78. The average molecular weight is 318 g/mol. The summed E-state index contributed by atoms with van der Waals surface area (Å²) in [5.74, 6) is -1.50. The summed E-state index contributed by atoms with van der Waals surface area (Å²) in [5, 5.41) is 8.93. The zero-order valence-corrected chi connectivity index (χ0v) is 13.3. The summed E-state index contributed by atoms with van der Waals surface area (Å²) in [5.41, 5.74) is 1.09. The molecular formula is C17H22N2O4. The Morgan fingerprint density at radius 3 is 2.30 bits per heavy atom. The number of hydrogen-bond donors (Lipinski definition) is 1. The molecule has 0 unspecified atom stereocenters. The molecule has 0 heterocycles. The third kappa shape index (κ3) is 5.39. The molecule has 0 radical (unpaired) electrons. The number of benzene rings is 1. The lowest BCUT2D eigenvalue weighted by molar-refractivity contribution is -0.146. The SMILES string of the molecule is CC(=O)N(CCc1ccccc1)CC(=O)N(CC(=O)O)C1CC1. The van der Waals surface area contributed by atoms with Crippen molar-refractivity contribution in [3.63, 3.8) is 0 Å². The number of carbonyl (C=O) groups is 3. The zero-order valence-electron chi connectivity index (χ0n) is 13.3. The molecule has 0 bridgehead atoms. The third-order valence-electron chi connectivity index (χ3n) is 3.90. The Bertz CT molecular complexity index is 569. The summed E-state index contributed by atoms with van der Waals surface area (Å²) >= 11 is 0. The number of rotatable bonds is 8. The Kier molecular flexibility index (Phi) is 5.73. The highest BCUT2D eigenvalue weighted by Crippen LogP contribution is 2.26. The van der Waals surface area contributed by atoms with E-state index in [1.165, 1.54) is 16.7 Å². The van der Waals surface area contributed by atoms with Gasteiger partial charge in [0.1, 0.15) is 6.54 Å². The first kappa shape index (κ1) is 17.0. The van der Waals surface area contributed by atoms with Crippen molar-refractivity contribution in [3.8, 4) is 0 Å². The highest BCUT2D eigenvalue weighted by Gasteiger charge is 2.34. The summed E-state index contributed by atoms with van der Waals surface area (Å²) in [7, 11) is 0. The molecule has 1 aliphatic carbocycles. The van der Waals surface area contributed by atoms with Gasteiger partial charge in [-0.2, -0.15) is 0 Å². The fraction of sp³-hybridized carbons (Fsp3) is 0.471. The van der Waals surface area contributed by atoms with Gasteiger partial charge in [-0.3, -0.25) is 14.4 Å². The molecule has 124 valence electrons. The first-order valence-corrected chi connectivity index (χ1v) is 7.78. The minimum absolute atomic E-state index is 0.0153. The van der Waals surface area contributed by atoms with Crippen molar-refractivity contribution in [3.05, 3.63) is 35.9 Å². The second-order valence-corrected chi connectivity index (χ2v) is 5.82. The van der Waals surface area contributed by atoms with Gasteiger partial charge in [-0.05, 0) is 24.8 Å². The maximum absolute atomic E-state index is 12.4. The molecule has 2 amide bonds. The molecule has 1 saturated carbocycles. The maximum atomic E-state index is 12.4. The monoisotopic (exact) mass is 318 g/mol. The maximum Gasteiger partial charge on any atom is 0.323 e. The molecule has 6 nitrogen and oxygen atoms in total. The number of carboxylic acid groups (broad SMARTS) is 1. The second-order valence-electron chi connectivity index (χ2n) is 5.82. The van der Waals surface area contributed by atoms with E-state index >= 15 is 0 Å². The van der Waals surface area contributed by atoms with Gasteiger partial charge in [0.25, 0.3) is 0 Å². The fourth-order valence-corrected chi connectivity index (χ4v) is 2.46. The van der Waals surface area contributed by atoms with Gasteiger partial charge in [-0.15, -0.1) is 0 Å². The molecule has 0 atom stereocenters. The largest absolute Gasteiger partial charge is 0.480 e. The number of hydrogen-bond acceptors (Lipinski definition) is 3. The van der Waals surface area contributed by atoms with Crippen LogP contribution in [0.4, 0.5) is 0 Å². The van der Waals surface area contributed by atoms with Crippen LogP contribution >= 0.6 is 0 Å². The van der Waals surface area contributed by atoms with Gasteiger partial charge in [0.2, 0.25) is 11.8 Å². The average Bonchev–Trinajstić information content (AvgIpc) is 3.34. The molecule has 1 aliphatic rings. The van der Waals surface area contributed by atoms with Gasteiger partial charge >= 0.3 is 5.97 Å². The van der Waals surface area contributed by atoms with Crippen LogP contribution < -0.4 is 0 Å². The zero-order chi connectivity index (χ0) is 16.8. The molecule has 1 fully saturated rings. The molecule has 0 aliphatic heterocycles. The van der Waals surface area contributed by atoms with Crippen molar-refractivity contribution < 1.29 is 19.5 Å². The van der Waals surface area contributed by atoms with Gasteiger partial charge in [0, 0.05) is 19.5 Å². The van der Waals surface area contributed by atoms with Crippen LogP contribution in [0.2, 0.25) is 0 Å². The van der Waals surface area contributed by atoms with E-state index in [1.54, 1.807) is 0 Å². The number of aliphatic carboxylic acids is 1. The van der Waals surface area contributed by atoms with Gasteiger partial charge < -0.3 is 14.9 Å². The van der Waals surface area contributed by atoms with Crippen LogP contribution in [0, 0.1) is 0 Å². The lowest BCUT2D eigenvalue weighted by atomic mass is 10.1. The Morgan fingerprint density at radius 1 is 1.13 bits per heavy atom. The molecule has 1 N–H and O–H groups in total. The van der Waals surface area contributed by atoms with E-state index in [0.29, 0.717) is 13.0 Å². The quantitative estimate of drug-likeness (QED) is 0.780. The molecular weight excluding hydrogens is 296 g/mol. The highest BCUT2D eigenvalue weighted by atomic mass is 16.4.